The molecule has 0 aliphatic heterocycles. The fourth-order valence-corrected chi connectivity index (χ4v) is 3.86. The van der Waals surface area contributed by atoms with Crippen LogP contribution in [0.2, 0.25) is 0 Å². The predicted octanol–water partition coefficient (Wildman–Crippen LogP) is 3.37. The van der Waals surface area contributed by atoms with E-state index in [0.29, 0.717) is 40.4 Å². The largest absolute Gasteiger partial charge is 0.382 e. The standard InChI is InChI=1S/C27H29FN8O2/c1-16-7-8-20(13-21(16)28)33-27(38)19-12-18(14-30-15-19)23-24-25(29)31-9-11-36(24)26(34-23)17(2)32-22(37)6-5-10-35(3)4/h5-9,11-15,17H,10H2,1-4H3,(H2,29,31)(H,32,37)(H,33,38)/b6-5+/t17-/m0/s1. The highest BCUT2D eigenvalue weighted by Gasteiger charge is 2.21. The SMILES string of the molecule is Cc1ccc(NC(=O)c2cncc(-c3nc([C@H](C)NC(=O)/C=C/CN(C)C)n4ccnc(N)c34)c2)cc1F. The summed E-state index contributed by atoms with van der Waals surface area (Å²) in [5, 5.41) is 5.60. The van der Waals surface area contributed by atoms with Gasteiger partial charge in [-0.3, -0.25) is 19.0 Å². The summed E-state index contributed by atoms with van der Waals surface area (Å²) in [5.41, 5.74) is 8.79. The number of benzene rings is 1. The molecule has 11 heteroatoms. The maximum Gasteiger partial charge on any atom is 0.257 e. The number of carbonyl (C=O) groups is 2. The van der Waals surface area contributed by atoms with Crippen molar-refractivity contribution < 1.29 is 14.0 Å². The topological polar surface area (TPSA) is 131 Å². The van der Waals surface area contributed by atoms with Crippen LogP contribution in [-0.4, -0.2) is 56.7 Å². The lowest BCUT2D eigenvalue weighted by Crippen LogP contribution is -2.26. The van der Waals surface area contributed by atoms with Crippen molar-refractivity contribution in [3.63, 3.8) is 0 Å². The van der Waals surface area contributed by atoms with Crippen molar-refractivity contribution in [2.24, 2.45) is 0 Å². The number of pyridine rings is 1. The van der Waals surface area contributed by atoms with Gasteiger partial charge in [0.1, 0.15) is 28.7 Å². The van der Waals surface area contributed by atoms with Crippen molar-refractivity contribution in [3.05, 3.63) is 84.0 Å². The Bertz CT molecular complexity index is 1530. The number of likely N-dealkylation sites (N-methyl/N-ethyl adjacent to an activating group) is 1. The monoisotopic (exact) mass is 516 g/mol. The molecule has 0 aliphatic rings. The number of aryl methyl sites for hydroxylation is 1. The number of aromatic nitrogens is 4. The van der Waals surface area contributed by atoms with Crippen molar-refractivity contribution in [1.82, 2.24) is 29.6 Å². The normalized spacial score (nSPS) is 12.3. The number of hydrogen-bond donors (Lipinski definition) is 3. The van der Waals surface area contributed by atoms with Crippen LogP contribution >= 0.6 is 0 Å². The Morgan fingerprint density at radius 3 is 2.76 bits per heavy atom. The van der Waals surface area contributed by atoms with Gasteiger partial charge < -0.3 is 21.3 Å². The van der Waals surface area contributed by atoms with Crippen molar-refractivity contribution in [2.75, 3.05) is 31.7 Å². The van der Waals surface area contributed by atoms with Crippen LogP contribution in [0, 0.1) is 12.7 Å². The molecular weight excluding hydrogens is 487 g/mol. The Morgan fingerprint density at radius 2 is 2.03 bits per heavy atom. The number of fused-ring (bicyclic) bond motifs is 1. The van der Waals surface area contributed by atoms with Crippen LogP contribution in [0.15, 0.2) is 61.2 Å². The number of halogens is 1. The number of hydrogen-bond acceptors (Lipinski definition) is 7. The highest BCUT2D eigenvalue weighted by atomic mass is 19.1. The van der Waals surface area contributed by atoms with E-state index in [1.54, 1.807) is 54.2 Å². The van der Waals surface area contributed by atoms with Gasteiger partial charge in [-0.05, 0) is 51.7 Å². The van der Waals surface area contributed by atoms with Gasteiger partial charge in [-0.25, -0.2) is 14.4 Å². The summed E-state index contributed by atoms with van der Waals surface area (Å²) >= 11 is 0. The molecule has 0 bridgehead atoms. The molecule has 196 valence electrons. The lowest BCUT2D eigenvalue weighted by molar-refractivity contribution is -0.117. The van der Waals surface area contributed by atoms with Crippen LogP contribution in [0.1, 0.15) is 34.7 Å². The van der Waals surface area contributed by atoms with Gasteiger partial charge in [0.2, 0.25) is 5.91 Å². The second-order valence-corrected chi connectivity index (χ2v) is 9.12. The highest BCUT2D eigenvalue weighted by Crippen LogP contribution is 2.30. The fourth-order valence-electron chi connectivity index (χ4n) is 3.86. The van der Waals surface area contributed by atoms with Gasteiger partial charge in [0.25, 0.3) is 5.91 Å². The van der Waals surface area contributed by atoms with E-state index in [4.69, 9.17) is 10.7 Å². The van der Waals surface area contributed by atoms with Crippen LogP contribution in [0.5, 0.6) is 0 Å². The quantitative estimate of drug-likeness (QED) is 0.306. The smallest absolute Gasteiger partial charge is 0.257 e. The number of nitrogen functional groups attached to an aromatic ring is 1. The summed E-state index contributed by atoms with van der Waals surface area (Å²) in [6.07, 6.45) is 9.48. The molecule has 4 rings (SSSR count). The second kappa shape index (κ2) is 11.2. The molecule has 0 saturated carbocycles. The minimum Gasteiger partial charge on any atom is -0.382 e. The van der Waals surface area contributed by atoms with Crippen molar-refractivity contribution in [1.29, 1.82) is 0 Å². The molecule has 1 atom stereocenters. The van der Waals surface area contributed by atoms with Gasteiger partial charge in [-0.15, -0.1) is 0 Å². The summed E-state index contributed by atoms with van der Waals surface area (Å²) in [4.78, 5) is 40.4. The first-order chi connectivity index (χ1) is 18.1. The zero-order chi connectivity index (χ0) is 27.4. The van der Waals surface area contributed by atoms with E-state index in [0.717, 1.165) is 0 Å². The minimum absolute atomic E-state index is 0.232. The number of amides is 2. The van der Waals surface area contributed by atoms with Crippen LogP contribution < -0.4 is 16.4 Å². The number of nitrogens with two attached hydrogens (primary N) is 1. The molecule has 0 spiro atoms. The predicted molar refractivity (Wildman–Crippen MR) is 144 cm³/mol. The minimum atomic E-state index is -0.467. The Hall–Kier alpha value is -4.64. The maximum atomic E-state index is 13.9. The van der Waals surface area contributed by atoms with Crippen molar-refractivity contribution >= 4 is 28.8 Å². The molecule has 3 aromatic heterocycles. The molecule has 3 heterocycles. The average Bonchev–Trinajstić information content (AvgIpc) is 3.27. The van der Waals surface area contributed by atoms with E-state index < -0.39 is 17.8 Å². The van der Waals surface area contributed by atoms with Gasteiger partial charge >= 0.3 is 0 Å². The Balaban J connectivity index is 1.65. The number of carbonyl (C=O) groups excluding carboxylic acids is 2. The molecule has 4 aromatic rings. The van der Waals surface area contributed by atoms with Gasteiger partial charge in [-0.1, -0.05) is 12.1 Å². The summed E-state index contributed by atoms with van der Waals surface area (Å²) in [7, 11) is 3.83. The van der Waals surface area contributed by atoms with Gasteiger partial charge in [0, 0.05) is 48.7 Å². The molecule has 0 aliphatic carbocycles. The summed E-state index contributed by atoms with van der Waals surface area (Å²) in [5.74, 6) is -0.363. The van der Waals surface area contributed by atoms with E-state index in [1.165, 1.54) is 18.3 Å². The molecular formula is C27H29FN8O2. The molecule has 10 nitrogen and oxygen atoms in total. The van der Waals surface area contributed by atoms with E-state index >= 15 is 0 Å². The molecule has 0 radical (unpaired) electrons. The molecule has 38 heavy (non-hydrogen) atoms. The lowest BCUT2D eigenvalue weighted by Gasteiger charge is -2.12. The van der Waals surface area contributed by atoms with Crippen LogP contribution in [0.4, 0.5) is 15.9 Å². The van der Waals surface area contributed by atoms with Crippen LogP contribution in [-0.2, 0) is 4.79 Å². The van der Waals surface area contributed by atoms with Gasteiger partial charge in [0.05, 0.1) is 11.6 Å². The number of anilines is 2. The van der Waals surface area contributed by atoms with Crippen molar-refractivity contribution in [2.45, 2.75) is 19.9 Å². The van der Waals surface area contributed by atoms with Crippen molar-refractivity contribution in [3.8, 4) is 11.3 Å². The Kier molecular flexibility index (Phi) is 7.77. The first-order valence-electron chi connectivity index (χ1n) is 11.9. The second-order valence-electron chi connectivity index (χ2n) is 9.12. The summed E-state index contributed by atoms with van der Waals surface area (Å²) < 4.78 is 15.7. The first kappa shape index (κ1) is 26.4. The maximum absolute atomic E-state index is 13.9. The first-order valence-corrected chi connectivity index (χ1v) is 11.9. The molecule has 0 saturated heterocycles. The number of nitrogens with zero attached hydrogens (tertiary/aromatic N) is 5. The highest BCUT2D eigenvalue weighted by molar-refractivity contribution is 6.05. The molecule has 2 amide bonds. The third-order valence-corrected chi connectivity index (χ3v) is 5.80. The Morgan fingerprint density at radius 1 is 1.24 bits per heavy atom. The third kappa shape index (κ3) is 5.84. The lowest BCUT2D eigenvalue weighted by atomic mass is 10.1. The van der Waals surface area contributed by atoms with E-state index in [2.05, 4.69) is 20.6 Å². The molecule has 0 fully saturated rings. The number of rotatable bonds is 8. The Labute approximate surface area is 219 Å². The van der Waals surface area contributed by atoms with Gasteiger partial charge in [0.15, 0.2) is 0 Å². The van der Waals surface area contributed by atoms with E-state index in [-0.39, 0.29) is 17.3 Å². The summed E-state index contributed by atoms with van der Waals surface area (Å²) in [6, 6.07) is 5.63. The molecule has 1 aromatic carbocycles. The van der Waals surface area contributed by atoms with Crippen LogP contribution in [0.25, 0.3) is 16.8 Å². The average molecular weight is 517 g/mol. The third-order valence-electron chi connectivity index (χ3n) is 5.80. The van der Waals surface area contributed by atoms with E-state index in [1.807, 2.05) is 25.9 Å². The molecule has 4 N–H and O–H groups in total. The zero-order valence-corrected chi connectivity index (χ0v) is 21.6. The zero-order valence-electron chi connectivity index (χ0n) is 21.6. The van der Waals surface area contributed by atoms with Gasteiger partial charge in [-0.2, -0.15) is 0 Å². The van der Waals surface area contributed by atoms with Crippen LogP contribution in [0.3, 0.4) is 0 Å². The fraction of sp³-hybridized carbons (Fsp3) is 0.222. The number of nitrogens with one attached hydrogen (secondary N) is 2. The van der Waals surface area contributed by atoms with E-state index in [9.17, 15) is 14.0 Å². The summed E-state index contributed by atoms with van der Waals surface area (Å²) in [6.45, 7) is 4.10. The number of imidazole rings is 1. The molecule has 0 unspecified atom stereocenters.